The molecule has 6 nitrogen and oxygen atoms in total. The molecule has 0 aliphatic carbocycles. The van der Waals surface area contributed by atoms with Crippen LogP contribution in [-0.4, -0.2) is 41.2 Å². The van der Waals surface area contributed by atoms with Gasteiger partial charge in [-0.15, -0.1) is 0 Å². The third kappa shape index (κ3) is 8.04. The summed E-state index contributed by atoms with van der Waals surface area (Å²) < 4.78 is 17.0. The van der Waals surface area contributed by atoms with Gasteiger partial charge in [0.25, 0.3) is 0 Å². The number of rotatable bonds is 10. The second-order valence-corrected chi connectivity index (χ2v) is 7.40. The van der Waals surface area contributed by atoms with Crippen molar-refractivity contribution in [2.24, 2.45) is 0 Å². The van der Waals surface area contributed by atoms with Gasteiger partial charge in [-0.05, 0) is 42.7 Å². The van der Waals surface area contributed by atoms with Crippen LogP contribution in [0, 0.1) is 0 Å². The van der Waals surface area contributed by atoms with Gasteiger partial charge in [0, 0.05) is 23.0 Å². The van der Waals surface area contributed by atoms with Gasteiger partial charge in [-0.25, -0.2) is 0 Å². The molecule has 2 aromatic rings. The number of carbonyl (C=O) groups excluding carboxylic acids is 2. The first-order chi connectivity index (χ1) is 13.1. The van der Waals surface area contributed by atoms with E-state index in [1.54, 1.807) is 31.4 Å². The highest BCUT2D eigenvalue weighted by molar-refractivity contribution is 7.86. The molecular formula is C20H24N2O4S. The van der Waals surface area contributed by atoms with Crippen molar-refractivity contribution in [3.05, 3.63) is 60.2 Å². The lowest BCUT2D eigenvalue weighted by Crippen LogP contribution is -2.32. The molecule has 0 saturated carbocycles. The number of methoxy groups -OCH3 is 1. The number of amides is 2. The van der Waals surface area contributed by atoms with E-state index in [4.69, 9.17) is 4.74 Å². The van der Waals surface area contributed by atoms with Gasteiger partial charge in [0.1, 0.15) is 17.3 Å². The average Bonchev–Trinajstić information content (AvgIpc) is 2.66. The minimum Gasteiger partial charge on any atom is -0.497 e. The number of anilines is 1. The number of benzene rings is 2. The summed E-state index contributed by atoms with van der Waals surface area (Å²) in [6.07, 6.45) is 1.68. The number of aryl methyl sites for hydroxylation is 1. The fourth-order valence-electron chi connectivity index (χ4n) is 2.43. The fourth-order valence-corrected chi connectivity index (χ4v) is 3.29. The van der Waals surface area contributed by atoms with Gasteiger partial charge in [0.2, 0.25) is 11.8 Å². The quantitative estimate of drug-likeness (QED) is 0.611. The van der Waals surface area contributed by atoms with Gasteiger partial charge < -0.3 is 15.4 Å². The molecule has 0 fully saturated rings. The molecule has 0 saturated heterocycles. The highest BCUT2D eigenvalue weighted by atomic mass is 32.2. The summed E-state index contributed by atoms with van der Waals surface area (Å²) in [6.45, 7) is 0.517. The Morgan fingerprint density at radius 1 is 0.963 bits per heavy atom. The third-order valence-electron chi connectivity index (χ3n) is 3.77. The standard InChI is InChI=1S/C20H24N2O4S/c1-26-18-11-9-17(10-12-18)22-20(24)15-27(25)14-19(23)21-13-5-8-16-6-3-2-4-7-16/h2-4,6-7,9-12H,5,8,13-15H2,1H3,(H,21,23)(H,22,24)/t27-/m1/s1. The van der Waals surface area contributed by atoms with Crippen LogP contribution in [0.25, 0.3) is 0 Å². The van der Waals surface area contributed by atoms with Crippen LogP contribution in [0.15, 0.2) is 54.6 Å². The molecule has 2 rings (SSSR count). The van der Waals surface area contributed by atoms with Crippen molar-refractivity contribution in [1.29, 1.82) is 0 Å². The smallest absolute Gasteiger partial charge is 0.237 e. The summed E-state index contributed by atoms with van der Waals surface area (Å²) >= 11 is 0. The van der Waals surface area contributed by atoms with Crippen molar-refractivity contribution >= 4 is 28.3 Å². The van der Waals surface area contributed by atoms with Crippen LogP contribution in [0.4, 0.5) is 5.69 Å². The van der Waals surface area contributed by atoms with Crippen molar-refractivity contribution < 1.29 is 18.5 Å². The minimum absolute atomic E-state index is 0.179. The fraction of sp³-hybridized carbons (Fsp3) is 0.300. The van der Waals surface area contributed by atoms with Gasteiger partial charge >= 0.3 is 0 Å². The summed E-state index contributed by atoms with van der Waals surface area (Å²) in [5.41, 5.74) is 1.80. The molecular weight excluding hydrogens is 364 g/mol. The number of nitrogens with one attached hydrogen (secondary N) is 2. The average molecular weight is 388 g/mol. The van der Waals surface area contributed by atoms with Crippen molar-refractivity contribution in [2.75, 3.05) is 30.5 Å². The molecule has 2 N–H and O–H groups in total. The molecule has 0 unspecified atom stereocenters. The molecule has 0 bridgehead atoms. The van der Waals surface area contributed by atoms with Gasteiger partial charge in [-0.1, -0.05) is 30.3 Å². The topological polar surface area (TPSA) is 84.5 Å². The van der Waals surface area contributed by atoms with Crippen molar-refractivity contribution in [3.63, 3.8) is 0 Å². The van der Waals surface area contributed by atoms with E-state index in [-0.39, 0.29) is 17.4 Å². The number of ether oxygens (including phenoxy) is 1. The molecule has 0 radical (unpaired) electrons. The highest BCUT2D eigenvalue weighted by Gasteiger charge is 2.12. The van der Waals surface area contributed by atoms with Crippen LogP contribution >= 0.6 is 0 Å². The van der Waals surface area contributed by atoms with Crippen LogP contribution in [0.2, 0.25) is 0 Å². The first-order valence-electron chi connectivity index (χ1n) is 8.66. The second-order valence-electron chi connectivity index (χ2n) is 5.94. The van der Waals surface area contributed by atoms with E-state index in [0.29, 0.717) is 18.0 Å². The number of hydrogen-bond donors (Lipinski definition) is 2. The van der Waals surface area contributed by atoms with E-state index in [1.165, 1.54) is 5.56 Å². The summed E-state index contributed by atoms with van der Waals surface area (Å²) in [7, 11) is 0.00896. The van der Waals surface area contributed by atoms with E-state index >= 15 is 0 Å². The van der Waals surface area contributed by atoms with Crippen molar-refractivity contribution in [2.45, 2.75) is 12.8 Å². The zero-order valence-corrected chi connectivity index (χ0v) is 16.1. The zero-order valence-electron chi connectivity index (χ0n) is 15.3. The number of carbonyl (C=O) groups is 2. The monoisotopic (exact) mass is 388 g/mol. The Balaban J connectivity index is 1.63. The maximum absolute atomic E-state index is 12.0. The minimum atomic E-state index is -1.55. The van der Waals surface area contributed by atoms with E-state index in [1.807, 2.05) is 30.3 Å². The lowest BCUT2D eigenvalue weighted by molar-refractivity contribution is -0.118. The molecule has 0 aliphatic heterocycles. The van der Waals surface area contributed by atoms with Crippen LogP contribution < -0.4 is 15.4 Å². The van der Waals surface area contributed by atoms with Crippen molar-refractivity contribution in [3.8, 4) is 5.75 Å². The largest absolute Gasteiger partial charge is 0.497 e. The molecule has 2 amide bonds. The lowest BCUT2D eigenvalue weighted by Gasteiger charge is -2.07. The molecule has 144 valence electrons. The summed E-state index contributed by atoms with van der Waals surface area (Å²) in [6, 6.07) is 16.8. The molecule has 7 heteroatoms. The van der Waals surface area contributed by atoms with E-state index in [9.17, 15) is 13.8 Å². The van der Waals surface area contributed by atoms with Crippen LogP contribution in [0.3, 0.4) is 0 Å². The Bertz CT molecular complexity index is 763. The second kappa shape index (κ2) is 11.1. The molecule has 0 aliphatic rings. The Hall–Kier alpha value is -2.67. The summed E-state index contributed by atoms with van der Waals surface area (Å²) in [4.78, 5) is 23.7. The molecule has 1 atom stereocenters. The Labute approximate surface area is 161 Å². The summed E-state index contributed by atoms with van der Waals surface area (Å²) in [5, 5.41) is 5.39. The normalized spacial score (nSPS) is 11.4. The van der Waals surface area contributed by atoms with Crippen LogP contribution in [0.1, 0.15) is 12.0 Å². The SMILES string of the molecule is COc1ccc(NC(=O)C[S@](=O)CC(=O)NCCCc2ccccc2)cc1. The maximum Gasteiger partial charge on any atom is 0.237 e. The van der Waals surface area contributed by atoms with Gasteiger partial charge in [-0.3, -0.25) is 13.8 Å². The molecule has 0 aromatic heterocycles. The van der Waals surface area contributed by atoms with Gasteiger partial charge in [0.05, 0.1) is 7.11 Å². The predicted molar refractivity (Wildman–Crippen MR) is 107 cm³/mol. The lowest BCUT2D eigenvalue weighted by atomic mass is 10.1. The van der Waals surface area contributed by atoms with Gasteiger partial charge in [0.15, 0.2) is 0 Å². The molecule has 0 heterocycles. The van der Waals surface area contributed by atoms with E-state index < -0.39 is 16.7 Å². The Kier molecular flexibility index (Phi) is 8.51. The number of hydrogen-bond acceptors (Lipinski definition) is 4. The van der Waals surface area contributed by atoms with E-state index in [2.05, 4.69) is 10.6 Å². The van der Waals surface area contributed by atoms with Gasteiger partial charge in [-0.2, -0.15) is 0 Å². The van der Waals surface area contributed by atoms with Crippen molar-refractivity contribution in [1.82, 2.24) is 5.32 Å². The Morgan fingerprint density at radius 2 is 1.63 bits per heavy atom. The molecule has 27 heavy (non-hydrogen) atoms. The third-order valence-corrected chi connectivity index (χ3v) is 4.93. The maximum atomic E-state index is 12.0. The first-order valence-corrected chi connectivity index (χ1v) is 10.1. The highest BCUT2D eigenvalue weighted by Crippen LogP contribution is 2.14. The predicted octanol–water partition coefficient (Wildman–Crippen LogP) is 2.13. The molecule has 0 spiro atoms. The van der Waals surface area contributed by atoms with Crippen LogP contribution in [-0.2, 0) is 26.8 Å². The Morgan fingerprint density at radius 3 is 2.30 bits per heavy atom. The zero-order chi connectivity index (χ0) is 19.5. The molecule has 2 aromatic carbocycles. The van der Waals surface area contributed by atoms with Crippen LogP contribution in [0.5, 0.6) is 5.75 Å². The first kappa shape index (κ1) is 20.6. The van der Waals surface area contributed by atoms with E-state index in [0.717, 1.165) is 12.8 Å². The summed E-state index contributed by atoms with van der Waals surface area (Å²) in [5.74, 6) is -0.417.